The third-order valence-electron chi connectivity index (χ3n) is 2.86. The number of carbonyl (C=O) groups excluding carboxylic acids is 1. The summed E-state index contributed by atoms with van der Waals surface area (Å²) in [5.41, 5.74) is 3.43. The molecule has 0 fully saturated rings. The van der Waals surface area contributed by atoms with Crippen molar-refractivity contribution in [1.29, 1.82) is 0 Å². The van der Waals surface area contributed by atoms with Crippen molar-refractivity contribution in [2.75, 3.05) is 13.1 Å². The Morgan fingerprint density at radius 3 is 2.76 bits per heavy atom. The highest BCUT2D eigenvalue weighted by atomic mass is 35.5. The largest absolute Gasteiger partial charge is 0.387 e. The Hall–Kier alpha value is -1.63. The van der Waals surface area contributed by atoms with Gasteiger partial charge in [-0.25, -0.2) is 9.78 Å². The Morgan fingerprint density at radius 1 is 1.33 bits per heavy atom. The highest BCUT2D eigenvalue weighted by molar-refractivity contribution is 7.07. The number of nitrogens with one attached hydrogen (secondary N) is 2. The van der Waals surface area contributed by atoms with Crippen LogP contribution in [-0.4, -0.2) is 29.2 Å². The van der Waals surface area contributed by atoms with Crippen molar-refractivity contribution >= 4 is 29.0 Å². The van der Waals surface area contributed by atoms with Gasteiger partial charge in [-0.3, -0.25) is 0 Å². The first-order valence-electron chi connectivity index (χ1n) is 6.47. The molecule has 21 heavy (non-hydrogen) atoms. The fourth-order valence-electron chi connectivity index (χ4n) is 1.72. The van der Waals surface area contributed by atoms with Gasteiger partial charge in [-0.2, -0.15) is 0 Å². The van der Waals surface area contributed by atoms with Gasteiger partial charge in [0, 0.05) is 29.9 Å². The number of aliphatic hydroxyl groups excluding tert-OH is 1. The smallest absolute Gasteiger partial charge is 0.314 e. The molecule has 0 saturated carbocycles. The zero-order valence-electron chi connectivity index (χ0n) is 11.3. The average molecular weight is 326 g/mol. The summed E-state index contributed by atoms with van der Waals surface area (Å²) in [4.78, 5) is 15.7. The first kappa shape index (κ1) is 15.8. The second kappa shape index (κ2) is 7.97. The Bertz CT molecular complexity index is 560. The quantitative estimate of drug-likeness (QED) is 0.763. The molecule has 1 aromatic heterocycles. The van der Waals surface area contributed by atoms with Gasteiger partial charge in [0.05, 0.1) is 17.3 Å². The second-order valence-corrected chi connectivity index (χ2v) is 5.59. The lowest BCUT2D eigenvalue weighted by Gasteiger charge is -2.13. The number of halogens is 1. The number of hydrogen-bond donors (Lipinski definition) is 3. The van der Waals surface area contributed by atoms with Crippen LogP contribution in [0.15, 0.2) is 35.2 Å². The molecular formula is C14H16ClN3O2S. The molecule has 1 aromatic carbocycles. The number of benzene rings is 1. The number of rotatable bonds is 6. The Kier molecular flexibility index (Phi) is 5.98. The van der Waals surface area contributed by atoms with E-state index in [4.69, 9.17) is 11.6 Å². The van der Waals surface area contributed by atoms with E-state index in [1.807, 2.05) is 5.38 Å². The molecule has 112 valence electrons. The monoisotopic (exact) mass is 325 g/mol. The summed E-state index contributed by atoms with van der Waals surface area (Å²) in [6.07, 6.45) is -0.0667. The summed E-state index contributed by atoms with van der Waals surface area (Å²) < 4.78 is 0. The minimum Gasteiger partial charge on any atom is -0.387 e. The molecule has 2 aromatic rings. The van der Waals surface area contributed by atoms with Crippen LogP contribution in [0.1, 0.15) is 17.4 Å². The first-order chi connectivity index (χ1) is 10.1. The molecule has 7 heteroatoms. The summed E-state index contributed by atoms with van der Waals surface area (Å²) in [5.74, 6) is 0. The molecule has 0 aliphatic rings. The van der Waals surface area contributed by atoms with Crippen LogP contribution in [0, 0.1) is 0 Å². The van der Waals surface area contributed by atoms with Crippen molar-refractivity contribution in [3.63, 3.8) is 0 Å². The molecule has 3 N–H and O–H groups in total. The molecule has 1 atom stereocenters. The summed E-state index contributed by atoms with van der Waals surface area (Å²) >= 11 is 7.31. The molecule has 2 rings (SSSR count). The van der Waals surface area contributed by atoms with Gasteiger partial charge in [0.15, 0.2) is 0 Å². The number of carbonyl (C=O) groups is 1. The first-order valence-corrected chi connectivity index (χ1v) is 7.79. The minimum atomic E-state index is -0.758. The zero-order chi connectivity index (χ0) is 15.1. The lowest BCUT2D eigenvalue weighted by molar-refractivity contribution is 0.173. The van der Waals surface area contributed by atoms with Gasteiger partial charge in [0.1, 0.15) is 0 Å². The van der Waals surface area contributed by atoms with Gasteiger partial charge < -0.3 is 15.7 Å². The topological polar surface area (TPSA) is 74.2 Å². The molecule has 0 radical (unpaired) electrons. The van der Waals surface area contributed by atoms with Gasteiger partial charge in [0.2, 0.25) is 0 Å². The predicted octanol–water partition coefficient (Wildman–Crippen LogP) is 2.37. The van der Waals surface area contributed by atoms with Crippen molar-refractivity contribution in [2.45, 2.75) is 12.5 Å². The van der Waals surface area contributed by atoms with E-state index in [0.29, 0.717) is 23.6 Å². The lowest BCUT2D eigenvalue weighted by atomic mass is 10.1. The number of nitrogens with zero attached hydrogens (tertiary/aromatic N) is 1. The molecule has 0 saturated heterocycles. The van der Waals surface area contributed by atoms with E-state index in [1.54, 1.807) is 29.8 Å². The average Bonchev–Trinajstić information content (AvgIpc) is 2.99. The van der Waals surface area contributed by atoms with E-state index < -0.39 is 6.10 Å². The Morgan fingerprint density at radius 2 is 2.10 bits per heavy atom. The van der Waals surface area contributed by atoms with Crippen molar-refractivity contribution in [1.82, 2.24) is 15.6 Å². The van der Waals surface area contributed by atoms with Crippen molar-refractivity contribution < 1.29 is 9.90 Å². The van der Waals surface area contributed by atoms with Crippen molar-refractivity contribution in [2.24, 2.45) is 0 Å². The van der Waals surface area contributed by atoms with E-state index >= 15 is 0 Å². The molecule has 2 amide bonds. The summed E-state index contributed by atoms with van der Waals surface area (Å²) in [5, 5.41) is 17.8. The molecule has 0 spiro atoms. The van der Waals surface area contributed by atoms with E-state index in [0.717, 1.165) is 5.69 Å². The Labute approximate surface area is 132 Å². The van der Waals surface area contributed by atoms with Gasteiger partial charge in [-0.15, -0.1) is 11.3 Å². The fraction of sp³-hybridized carbons (Fsp3) is 0.286. The molecule has 0 aliphatic heterocycles. The molecule has 0 bridgehead atoms. The predicted molar refractivity (Wildman–Crippen MR) is 83.6 cm³/mol. The third kappa shape index (κ3) is 5.34. The second-order valence-electron chi connectivity index (χ2n) is 4.43. The van der Waals surface area contributed by atoms with Gasteiger partial charge in [-0.05, 0) is 17.7 Å². The number of urea groups is 1. The summed E-state index contributed by atoms with van der Waals surface area (Å²) in [6.45, 7) is 0.650. The molecule has 0 aliphatic carbocycles. The molecule has 5 nitrogen and oxygen atoms in total. The SMILES string of the molecule is O=C(NCCc1cscn1)NCC(O)c1ccc(Cl)cc1. The highest BCUT2D eigenvalue weighted by Crippen LogP contribution is 2.15. The number of thiazole rings is 1. The van der Waals surface area contributed by atoms with Crippen molar-refractivity contribution in [3.8, 4) is 0 Å². The van der Waals surface area contributed by atoms with Gasteiger partial charge in [-0.1, -0.05) is 23.7 Å². The number of aliphatic hydroxyl groups is 1. The standard InChI is InChI=1S/C14H16ClN3O2S/c15-11-3-1-10(2-4-11)13(19)7-17-14(20)16-6-5-12-8-21-9-18-12/h1-4,8-9,13,19H,5-7H2,(H2,16,17,20). The molecule has 1 unspecified atom stereocenters. The highest BCUT2D eigenvalue weighted by Gasteiger charge is 2.09. The van der Waals surface area contributed by atoms with Gasteiger partial charge in [0.25, 0.3) is 0 Å². The number of aromatic nitrogens is 1. The number of amides is 2. The summed E-state index contributed by atoms with van der Waals surface area (Å²) in [6, 6.07) is 6.56. The van der Waals surface area contributed by atoms with E-state index in [-0.39, 0.29) is 12.6 Å². The van der Waals surface area contributed by atoms with E-state index in [9.17, 15) is 9.90 Å². The maximum absolute atomic E-state index is 11.6. The maximum Gasteiger partial charge on any atom is 0.314 e. The zero-order valence-corrected chi connectivity index (χ0v) is 12.8. The van der Waals surface area contributed by atoms with Crippen LogP contribution >= 0.6 is 22.9 Å². The van der Waals surface area contributed by atoms with Gasteiger partial charge >= 0.3 is 6.03 Å². The maximum atomic E-state index is 11.6. The van der Waals surface area contributed by atoms with Crippen LogP contribution < -0.4 is 10.6 Å². The molecular weight excluding hydrogens is 310 g/mol. The van der Waals surface area contributed by atoms with Crippen LogP contribution in [-0.2, 0) is 6.42 Å². The lowest BCUT2D eigenvalue weighted by Crippen LogP contribution is -2.38. The number of hydrogen-bond acceptors (Lipinski definition) is 4. The molecule has 1 heterocycles. The fourth-order valence-corrected chi connectivity index (χ4v) is 2.44. The van der Waals surface area contributed by atoms with E-state index in [1.165, 1.54) is 11.3 Å². The van der Waals surface area contributed by atoms with Crippen molar-refractivity contribution in [3.05, 3.63) is 51.4 Å². The van der Waals surface area contributed by atoms with Crippen LogP contribution in [0.25, 0.3) is 0 Å². The van der Waals surface area contributed by atoms with Crippen LogP contribution in [0.2, 0.25) is 5.02 Å². The van der Waals surface area contributed by atoms with Crippen LogP contribution in [0.5, 0.6) is 0 Å². The normalized spacial score (nSPS) is 11.9. The summed E-state index contributed by atoms with van der Waals surface area (Å²) in [7, 11) is 0. The Balaban J connectivity index is 1.67. The third-order valence-corrected chi connectivity index (χ3v) is 3.75. The van der Waals surface area contributed by atoms with Crippen LogP contribution in [0.3, 0.4) is 0 Å². The van der Waals surface area contributed by atoms with E-state index in [2.05, 4.69) is 15.6 Å². The van der Waals surface area contributed by atoms with Crippen LogP contribution in [0.4, 0.5) is 4.79 Å². The minimum absolute atomic E-state index is 0.143.